The number of phenols is 1. The van der Waals surface area contributed by atoms with Crippen molar-refractivity contribution in [2.24, 2.45) is 0 Å². The maximum Gasteiger partial charge on any atom is 0.139 e. The number of hydrogen-bond acceptors (Lipinski definition) is 3. The van der Waals surface area contributed by atoms with E-state index >= 15 is 0 Å². The van der Waals surface area contributed by atoms with Gasteiger partial charge in [0.05, 0.1) is 5.69 Å². The molecule has 2 nitrogen and oxygen atoms in total. The van der Waals surface area contributed by atoms with Crippen LogP contribution in [0.3, 0.4) is 0 Å². The van der Waals surface area contributed by atoms with Crippen molar-refractivity contribution in [1.82, 2.24) is 0 Å². The number of thioether (sulfide) groups is 1. The van der Waals surface area contributed by atoms with Gasteiger partial charge in [-0.25, -0.2) is 0 Å². The summed E-state index contributed by atoms with van der Waals surface area (Å²) in [6, 6.07) is 13.3. The van der Waals surface area contributed by atoms with Crippen LogP contribution < -0.4 is 5.73 Å². The van der Waals surface area contributed by atoms with E-state index in [1.807, 2.05) is 36.6 Å². The van der Waals surface area contributed by atoms with Gasteiger partial charge in [0.25, 0.3) is 0 Å². The summed E-state index contributed by atoms with van der Waals surface area (Å²) in [4.78, 5) is 1.15. The molecule has 16 heavy (non-hydrogen) atoms. The van der Waals surface area contributed by atoms with Crippen molar-refractivity contribution in [3.8, 4) is 16.9 Å². The second-order valence-electron chi connectivity index (χ2n) is 3.44. The van der Waals surface area contributed by atoms with Crippen molar-refractivity contribution in [2.45, 2.75) is 4.90 Å². The molecule has 82 valence electrons. The summed E-state index contributed by atoms with van der Waals surface area (Å²) in [6.07, 6.45) is 2.03. The molecule has 2 aromatic carbocycles. The number of aromatic hydroxyl groups is 1. The number of benzene rings is 2. The molecule has 0 aliphatic heterocycles. The van der Waals surface area contributed by atoms with E-state index in [0.717, 1.165) is 16.0 Å². The van der Waals surface area contributed by atoms with Crippen LogP contribution in [0.5, 0.6) is 5.75 Å². The molecular formula is C13H13NOS. The van der Waals surface area contributed by atoms with Crippen molar-refractivity contribution < 1.29 is 5.11 Å². The molecule has 0 bridgehead atoms. The highest BCUT2D eigenvalue weighted by molar-refractivity contribution is 7.98. The minimum Gasteiger partial charge on any atom is -0.506 e. The van der Waals surface area contributed by atoms with E-state index in [0.29, 0.717) is 5.69 Å². The Balaban J connectivity index is 2.63. The summed E-state index contributed by atoms with van der Waals surface area (Å²) in [6.45, 7) is 0. The molecule has 0 unspecified atom stereocenters. The Morgan fingerprint density at radius 2 is 1.69 bits per heavy atom. The van der Waals surface area contributed by atoms with Crippen LogP contribution in [0.15, 0.2) is 47.4 Å². The molecule has 0 fully saturated rings. The normalized spacial score (nSPS) is 10.3. The van der Waals surface area contributed by atoms with Gasteiger partial charge in [0.2, 0.25) is 0 Å². The van der Waals surface area contributed by atoms with Crippen LogP contribution in [-0.2, 0) is 0 Å². The van der Waals surface area contributed by atoms with Gasteiger partial charge in [0, 0.05) is 10.5 Å². The molecule has 0 saturated heterocycles. The molecule has 3 heteroatoms. The summed E-state index contributed by atoms with van der Waals surface area (Å²) in [5.74, 6) is 0.133. The van der Waals surface area contributed by atoms with Crippen LogP contribution in [-0.4, -0.2) is 11.4 Å². The highest BCUT2D eigenvalue weighted by Crippen LogP contribution is 2.36. The van der Waals surface area contributed by atoms with Crippen LogP contribution in [0.4, 0.5) is 5.69 Å². The molecule has 0 radical (unpaired) electrons. The molecule has 0 aromatic heterocycles. The molecule has 0 saturated carbocycles. The molecular weight excluding hydrogens is 218 g/mol. The third-order valence-electron chi connectivity index (χ3n) is 2.48. The minimum absolute atomic E-state index is 0.133. The molecule has 0 amide bonds. The van der Waals surface area contributed by atoms with E-state index in [4.69, 9.17) is 5.73 Å². The number of nitrogens with two attached hydrogens (primary N) is 1. The number of phenolic OH excluding ortho intramolecular Hbond substituents is 1. The summed E-state index contributed by atoms with van der Waals surface area (Å²) in [7, 11) is 0. The lowest BCUT2D eigenvalue weighted by Crippen LogP contribution is -1.91. The van der Waals surface area contributed by atoms with Crippen molar-refractivity contribution in [2.75, 3.05) is 12.0 Å². The fraction of sp³-hybridized carbons (Fsp3) is 0.0769. The summed E-state index contributed by atoms with van der Waals surface area (Å²) < 4.78 is 0. The number of anilines is 1. The zero-order chi connectivity index (χ0) is 11.5. The van der Waals surface area contributed by atoms with Gasteiger partial charge >= 0.3 is 0 Å². The highest BCUT2D eigenvalue weighted by Gasteiger charge is 2.09. The largest absolute Gasteiger partial charge is 0.506 e. The number of para-hydroxylation sites is 1. The Morgan fingerprint density at radius 1 is 1.00 bits per heavy atom. The van der Waals surface area contributed by atoms with Gasteiger partial charge in [-0.05, 0) is 24.0 Å². The number of hydrogen-bond donors (Lipinski definition) is 2. The van der Waals surface area contributed by atoms with Gasteiger partial charge < -0.3 is 10.8 Å². The van der Waals surface area contributed by atoms with Gasteiger partial charge in [-0.3, -0.25) is 0 Å². The van der Waals surface area contributed by atoms with E-state index in [1.54, 1.807) is 23.9 Å². The van der Waals surface area contributed by atoms with Crippen molar-refractivity contribution in [3.05, 3.63) is 42.5 Å². The summed E-state index contributed by atoms with van der Waals surface area (Å²) >= 11 is 1.67. The second kappa shape index (κ2) is 4.49. The lowest BCUT2D eigenvalue weighted by atomic mass is 10.0. The Bertz CT molecular complexity index is 511. The van der Waals surface area contributed by atoms with Gasteiger partial charge in [0.1, 0.15) is 5.75 Å². The second-order valence-corrected chi connectivity index (χ2v) is 4.29. The van der Waals surface area contributed by atoms with Crippen LogP contribution in [0.1, 0.15) is 0 Å². The zero-order valence-corrected chi connectivity index (χ0v) is 9.79. The van der Waals surface area contributed by atoms with E-state index in [-0.39, 0.29) is 5.75 Å². The van der Waals surface area contributed by atoms with Crippen LogP contribution in [0.25, 0.3) is 11.1 Å². The summed E-state index contributed by atoms with van der Waals surface area (Å²) in [5, 5.41) is 9.59. The lowest BCUT2D eigenvalue weighted by Gasteiger charge is -2.10. The Kier molecular flexibility index (Phi) is 3.06. The maximum atomic E-state index is 9.59. The number of nitrogen functional groups attached to an aromatic ring is 1. The third kappa shape index (κ3) is 1.86. The zero-order valence-electron chi connectivity index (χ0n) is 8.97. The van der Waals surface area contributed by atoms with E-state index in [2.05, 4.69) is 0 Å². The van der Waals surface area contributed by atoms with Crippen molar-refractivity contribution in [3.63, 3.8) is 0 Å². The predicted molar refractivity (Wildman–Crippen MR) is 69.7 cm³/mol. The highest BCUT2D eigenvalue weighted by atomic mass is 32.2. The lowest BCUT2D eigenvalue weighted by molar-refractivity contribution is 0.478. The number of rotatable bonds is 2. The molecule has 0 aliphatic rings. The van der Waals surface area contributed by atoms with Gasteiger partial charge in [-0.2, -0.15) is 0 Å². The smallest absolute Gasteiger partial charge is 0.139 e. The SMILES string of the molecule is CSc1ccccc1-c1cccc(O)c1N. The molecule has 0 heterocycles. The first-order valence-electron chi connectivity index (χ1n) is 4.95. The maximum absolute atomic E-state index is 9.59. The molecule has 3 N–H and O–H groups in total. The van der Waals surface area contributed by atoms with E-state index in [9.17, 15) is 5.11 Å². The van der Waals surface area contributed by atoms with E-state index < -0.39 is 0 Å². The first-order valence-corrected chi connectivity index (χ1v) is 6.17. The average Bonchev–Trinajstić information content (AvgIpc) is 2.33. The topological polar surface area (TPSA) is 46.2 Å². The van der Waals surface area contributed by atoms with Crippen LogP contribution in [0, 0.1) is 0 Å². The fourth-order valence-corrected chi connectivity index (χ4v) is 2.27. The summed E-state index contributed by atoms with van der Waals surface area (Å²) in [5.41, 5.74) is 8.25. The monoisotopic (exact) mass is 231 g/mol. The fourth-order valence-electron chi connectivity index (χ4n) is 1.66. The van der Waals surface area contributed by atoms with Crippen molar-refractivity contribution >= 4 is 17.4 Å². The Hall–Kier alpha value is -1.61. The van der Waals surface area contributed by atoms with Gasteiger partial charge in [0.15, 0.2) is 0 Å². The minimum atomic E-state index is 0.133. The standard InChI is InChI=1S/C13H13NOS/c1-16-12-8-3-2-5-9(12)10-6-4-7-11(15)13(10)14/h2-8,15H,14H2,1H3. The predicted octanol–water partition coefficient (Wildman–Crippen LogP) is 3.36. The van der Waals surface area contributed by atoms with Crippen LogP contribution >= 0.6 is 11.8 Å². The van der Waals surface area contributed by atoms with Gasteiger partial charge in [-0.15, -0.1) is 11.8 Å². The van der Waals surface area contributed by atoms with Crippen molar-refractivity contribution in [1.29, 1.82) is 0 Å². The first kappa shape index (κ1) is 10.9. The molecule has 2 rings (SSSR count). The molecule has 2 aromatic rings. The average molecular weight is 231 g/mol. The van der Waals surface area contributed by atoms with E-state index in [1.165, 1.54) is 0 Å². The molecule has 0 atom stereocenters. The van der Waals surface area contributed by atoms with Gasteiger partial charge in [-0.1, -0.05) is 30.3 Å². The van der Waals surface area contributed by atoms with Crippen LogP contribution in [0.2, 0.25) is 0 Å². The third-order valence-corrected chi connectivity index (χ3v) is 3.28. The Labute approximate surface area is 99.1 Å². The first-order chi connectivity index (χ1) is 7.74. The molecule has 0 spiro atoms. The molecule has 0 aliphatic carbocycles. The Morgan fingerprint density at radius 3 is 2.44 bits per heavy atom. The quantitative estimate of drug-likeness (QED) is 0.473.